The van der Waals surface area contributed by atoms with E-state index in [-0.39, 0.29) is 0 Å². The van der Waals surface area contributed by atoms with Crippen molar-refractivity contribution < 1.29 is 20.1 Å². The number of allylic oxidation sites excluding steroid dienone is 1. The Morgan fingerprint density at radius 2 is 1.03 bits per heavy atom. The lowest BCUT2D eigenvalue weighted by atomic mass is 10.0. The lowest BCUT2D eigenvalue weighted by Gasteiger charge is -2.11. The minimum absolute atomic E-state index is 0.543. The van der Waals surface area contributed by atoms with E-state index in [1.165, 1.54) is 115 Å². The van der Waals surface area contributed by atoms with E-state index in [1.54, 1.807) is 6.08 Å². The van der Waals surface area contributed by atoms with Gasteiger partial charge in [-0.2, -0.15) is 0 Å². The quantitative estimate of drug-likeness (QED) is 0.133. The van der Waals surface area contributed by atoms with Crippen LogP contribution in [0, 0.1) is 0 Å². The third-order valence-corrected chi connectivity index (χ3v) is 5.85. The number of rotatable bonds is 23. The number of aliphatic hydroxyl groups is 3. The van der Waals surface area contributed by atoms with Crippen LogP contribution in [0.3, 0.4) is 0 Å². The summed E-state index contributed by atoms with van der Waals surface area (Å²) in [5, 5.41) is 27.3. The highest BCUT2D eigenvalue weighted by molar-refractivity contribution is 5.93. The summed E-state index contributed by atoms with van der Waals surface area (Å²) >= 11 is 0. The van der Waals surface area contributed by atoms with E-state index in [9.17, 15) is 15.0 Å². The summed E-state index contributed by atoms with van der Waals surface area (Å²) < 4.78 is 0. The molecule has 178 valence electrons. The van der Waals surface area contributed by atoms with Crippen LogP contribution in [-0.2, 0) is 4.79 Å². The van der Waals surface area contributed by atoms with Crippen molar-refractivity contribution in [2.75, 3.05) is 6.61 Å². The summed E-state index contributed by atoms with van der Waals surface area (Å²) in [6, 6.07) is 0. The highest BCUT2D eigenvalue weighted by Gasteiger charge is 2.20. The van der Waals surface area contributed by atoms with Crippen LogP contribution in [0.4, 0.5) is 0 Å². The number of carbonyl (C=O) groups is 1. The van der Waals surface area contributed by atoms with E-state index in [4.69, 9.17) is 5.11 Å². The fourth-order valence-electron chi connectivity index (χ4n) is 3.75. The molecule has 0 aromatic heterocycles. The van der Waals surface area contributed by atoms with Crippen molar-refractivity contribution in [3.8, 4) is 0 Å². The smallest absolute Gasteiger partial charge is 0.186 e. The molecule has 0 fully saturated rings. The first kappa shape index (κ1) is 29.3. The maximum Gasteiger partial charge on any atom is 0.186 e. The van der Waals surface area contributed by atoms with Gasteiger partial charge in [0.05, 0.1) is 6.61 Å². The Bertz CT molecular complexity index is 394. The monoisotopic (exact) mass is 426 g/mol. The fraction of sp³-hybridized carbons (Fsp3) is 0.885. The van der Waals surface area contributed by atoms with Gasteiger partial charge in [-0.1, -0.05) is 122 Å². The van der Waals surface area contributed by atoms with E-state index < -0.39 is 24.6 Å². The Hall–Kier alpha value is -0.710. The summed E-state index contributed by atoms with van der Waals surface area (Å²) in [6.07, 6.45) is 25.3. The van der Waals surface area contributed by atoms with Crippen LogP contribution in [0.5, 0.6) is 0 Å². The second-order valence-electron chi connectivity index (χ2n) is 8.80. The van der Waals surface area contributed by atoms with Gasteiger partial charge in [0.25, 0.3) is 0 Å². The zero-order chi connectivity index (χ0) is 22.3. The number of unbranched alkanes of at least 4 members (excludes halogenated alkanes) is 18. The molecular weight excluding hydrogens is 376 g/mol. The average Bonchev–Trinajstić information content (AvgIpc) is 2.76. The molecule has 2 unspecified atom stereocenters. The number of carbonyl (C=O) groups excluding carboxylic acids is 1. The SMILES string of the molecule is CCCCCCCCCCCCCCCCCCCCC=CC(=O)C(O)C(O)CO. The lowest BCUT2D eigenvalue weighted by molar-refractivity contribution is -0.129. The molecule has 0 amide bonds. The first-order chi connectivity index (χ1) is 14.6. The molecule has 0 saturated carbocycles. The zero-order valence-electron chi connectivity index (χ0n) is 19.7. The Morgan fingerprint density at radius 3 is 1.40 bits per heavy atom. The van der Waals surface area contributed by atoms with Gasteiger partial charge < -0.3 is 15.3 Å². The molecule has 0 spiro atoms. The maximum absolute atomic E-state index is 11.5. The molecule has 0 heterocycles. The van der Waals surface area contributed by atoms with Crippen molar-refractivity contribution in [3.63, 3.8) is 0 Å². The van der Waals surface area contributed by atoms with Crippen molar-refractivity contribution in [3.05, 3.63) is 12.2 Å². The van der Waals surface area contributed by atoms with Gasteiger partial charge in [0.15, 0.2) is 5.78 Å². The van der Waals surface area contributed by atoms with E-state index in [0.717, 1.165) is 12.8 Å². The second-order valence-corrected chi connectivity index (χ2v) is 8.80. The molecule has 0 saturated heterocycles. The highest BCUT2D eigenvalue weighted by atomic mass is 16.4. The van der Waals surface area contributed by atoms with Crippen LogP contribution < -0.4 is 0 Å². The van der Waals surface area contributed by atoms with Gasteiger partial charge in [-0.25, -0.2) is 0 Å². The first-order valence-corrected chi connectivity index (χ1v) is 12.8. The molecule has 4 heteroatoms. The molecule has 3 N–H and O–H groups in total. The van der Waals surface area contributed by atoms with Gasteiger partial charge in [-0.05, 0) is 18.9 Å². The van der Waals surface area contributed by atoms with Crippen molar-refractivity contribution in [1.29, 1.82) is 0 Å². The van der Waals surface area contributed by atoms with Crippen LogP contribution in [-0.4, -0.2) is 39.9 Å². The van der Waals surface area contributed by atoms with E-state index in [2.05, 4.69) is 6.92 Å². The van der Waals surface area contributed by atoms with Crippen molar-refractivity contribution in [2.45, 2.75) is 141 Å². The maximum atomic E-state index is 11.5. The average molecular weight is 427 g/mol. The van der Waals surface area contributed by atoms with Gasteiger partial charge >= 0.3 is 0 Å². The van der Waals surface area contributed by atoms with E-state index >= 15 is 0 Å². The van der Waals surface area contributed by atoms with Crippen LogP contribution in [0.1, 0.15) is 129 Å². The Balaban J connectivity index is 3.25. The molecule has 4 nitrogen and oxygen atoms in total. The van der Waals surface area contributed by atoms with E-state index in [1.807, 2.05) is 0 Å². The zero-order valence-corrected chi connectivity index (χ0v) is 19.7. The predicted molar refractivity (Wildman–Crippen MR) is 127 cm³/mol. The topological polar surface area (TPSA) is 77.8 Å². The van der Waals surface area contributed by atoms with Gasteiger partial charge in [0, 0.05) is 0 Å². The van der Waals surface area contributed by atoms with E-state index in [0.29, 0.717) is 0 Å². The number of hydrogen-bond donors (Lipinski definition) is 3. The summed E-state index contributed by atoms with van der Waals surface area (Å²) in [7, 11) is 0. The minimum atomic E-state index is -1.52. The van der Waals surface area contributed by atoms with Gasteiger partial charge in [-0.15, -0.1) is 0 Å². The predicted octanol–water partition coefficient (Wildman–Crippen LogP) is 6.26. The second kappa shape index (κ2) is 23.0. The molecule has 0 aliphatic heterocycles. The van der Waals surface area contributed by atoms with Crippen LogP contribution >= 0.6 is 0 Å². The van der Waals surface area contributed by atoms with Crippen molar-refractivity contribution in [2.24, 2.45) is 0 Å². The molecule has 0 aromatic rings. The largest absolute Gasteiger partial charge is 0.394 e. The van der Waals surface area contributed by atoms with Crippen molar-refractivity contribution >= 4 is 5.78 Å². The molecule has 0 radical (unpaired) electrons. The van der Waals surface area contributed by atoms with Gasteiger partial charge in [0.2, 0.25) is 0 Å². The Labute approximate surface area is 186 Å². The molecular formula is C26H50O4. The van der Waals surface area contributed by atoms with Crippen LogP contribution in [0.2, 0.25) is 0 Å². The normalized spacial score (nSPS) is 13.7. The molecule has 0 aliphatic carbocycles. The summed E-state index contributed by atoms with van der Waals surface area (Å²) in [4.78, 5) is 11.5. The third kappa shape index (κ3) is 19.3. The fourth-order valence-corrected chi connectivity index (χ4v) is 3.75. The summed E-state index contributed by atoms with van der Waals surface area (Å²) in [6.45, 7) is 1.66. The van der Waals surface area contributed by atoms with Crippen LogP contribution in [0.25, 0.3) is 0 Å². The van der Waals surface area contributed by atoms with Gasteiger partial charge in [-0.3, -0.25) is 4.79 Å². The minimum Gasteiger partial charge on any atom is -0.394 e. The number of aliphatic hydroxyl groups excluding tert-OH is 3. The molecule has 2 atom stereocenters. The van der Waals surface area contributed by atoms with Crippen molar-refractivity contribution in [1.82, 2.24) is 0 Å². The first-order valence-electron chi connectivity index (χ1n) is 12.8. The summed E-state index contributed by atoms with van der Waals surface area (Å²) in [5.74, 6) is -0.543. The molecule has 0 rings (SSSR count). The summed E-state index contributed by atoms with van der Waals surface area (Å²) in [5.41, 5.74) is 0. The van der Waals surface area contributed by atoms with Crippen LogP contribution in [0.15, 0.2) is 12.2 Å². The number of ketones is 1. The Morgan fingerprint density at radius 1 is 0.667 bits per heavy atom. The Kier molecular flexibility index (Phi) is 22.4. The standard InChI is InChI=1S/C26H50O4/c1-2-3-4-5-6-7-8-9-10-11-12-13-14-15-16-17-18-19-20-21-22-24(28)26(30)25(29)23-27/h21-22,25-27,29-30H,2-20,23H2,1H3. The third-order valence-electron chi connectivity index (χ3n) is 5.85. The molecule has 30 heavy (non-hydrogen) atoms. The van der Waals surface area contributed by atoms with Gasteiger partial charge in [0.1, 0.15) is 12.2 Å². The number of hydrogen-bond acceptors (Lipinski definition) is 4. The highest BCUT2D eigenvalue weighted by Crippen LogP contribution is 2.14. The molecule has 0 bridgehead atoms. The molecule has 0 aliphatic rings. The molecule has 0 aromatic carbocycles. The lowest BCUT2D eigenvalue weighted by Crippen LogP contribution is -2.35.